The van der Waals surface area contributed by atoms with Crippen molar-refractivity contribution in [1.29, 1.82) is 0 Å². The second-order valence-corrected chi connectivity index (χ2v) is 5.86. The van der Waals surface area contributed by atoms with E-state index in [0.717, 1.165) is 13.0 Å². The van der Waals surface area contributed by atoms with Crippen molar-refractivity contribution < 1.29 is 9.59 Å². The molecule has 0 aromatic heterocycles. The second kappa shape index (κ2) is 6.40. The highest BCUT2D eigenvalue weighted by Crippen LogP contribution is 2.25. The molecule has 0 aliphatic carbocycles. The number of nitrogens with zero attached hydrogens (tertiary/aromatic N) is 1. The van der Waals surface area contributed by atoms with Crippen molar-refractivity contribution in [2.45, 2.75) is 71.9 Å². The maximum absolute atomic E-state index is 12.8. The smallest absolute Gasteiger partial charge is 0.248 e. The molecule has 0 spiro atoms. The zero-order valence-electron chi connectivity index (χ0n) is 13.0. The van der Waals surface area contributed by atoms with Crippen molar-refractivity contribution >= 4 is 11.8 Å². The molecule has 1 fully saturated rings. The van der Waals surface area contributed by atoms with Gasteiger partial charge in [0.15, 0.2) is 0 Å². The number of rotatable bonds is 5. The number of carbonyl (C=O) groups excluding carboxylic acids is 2. The predicted molar refractivity (Wildman–Crippen MR) is 76.7 cm³/mol. The van der Waals surface area contributed by atoms with Gasteiger partial charge in [0.1, 0.15) is 5.54 Å². The molecule has 0 aromatic rings. The van der Waals surface area contributed by atoms with E-state index in [4.69, 9.17) is 0 Å². The molecule has 0 saturated carbocycles. The van der Waals surface area contributed by atoms with Crippen LogP contribution in [0.15, 0.2) is 0 Å². The summed E-state index contributed by atoms with van der Waals surface area (Å²) >= 11 is 0. The lowest BCUT2D eigenvalue weighted by Gasteiger charge is -2.36. The van der Waals surface area contributed by atoms with Crippen LogP contribution in [0, 0.1) is 5.92 Å². The number of nitrogens with one attached hydrogen (secondary N) is 1. The minimum absolute atomic E-state index is 0.00352. The van der Waals surface area contributed by atoms with Gasteiger partial charge in [-0.05, 0) is 25.7 Å². The van der Waals surface area contributed by atoms with Gasteiger partial charge in [-0.2, -0.15) is 0 Å². The summed E-state index contributed by atoms with van der Waals surface area (Å²) in [5.41, 5.74) is -0.699. The largest absolute Gasteiger partial charge is 0.342 e. The van der Waals surface area contributed by atoms with Crippen LogP contribution in [0.25, 0.3) is 0 Å². The highest BCUT2D eigenvalue weighted by Gasteiger charge is 2.44. The normalized spacial score (nSPS) is 24.9. The molecule has 4 nitrogen and oxygen atoms in total. The molecular formula is C15H28N2O2. The van der Waals surface area contributed by atoms with Crippen LogP contribution in [0.2, 0.25) is 0 Å². The van der Waals surface area contributed by atoms with Crippen molar-refractivity contribution in [3.8, 4) is 0 Å². The number of amides is 2. The van der Waals surface area contributed by atoms with E-state index in [2.05, 4.69) is 19.2 Å². The molecule has 0 bridgehead atoms. The lowest BCUT2D eigenvalue weighted by molar-refractivity contribution is -0.141. The number of carbonyl (C=O) groups is 2. The summed E-state index contributed by atoms with van der Waals surface area (Å²) in [5, 5.41) is 2.96. The van der Waals surface area contributed by atoms with E-state index in [1.807, 2.05) is 25.7 Å². The van der Waals surface area contributed by atoms with Crippen molar-refractivity contribution in [2.75, 3.05) is 6.54 Å². The Labute approximate surface area is 116 Å². The van der Waals surface area contributed by atoms with Crippen LogP contribution >= 0.6 is 0 Å². The Hall–Kier alpha value is -1.06. The fourth-order valence-electron chi connectivity index (χ4n) is 2.68. The Kier molecular flexibility index (Phi) is 5.39. The van der Waals surface area contributed by atoms with Crippen LogP contribution in [0.5, 0.6) is 0 Å². The maximum Gasteiger partial charge on any atom is 0.248 e. The number of hydrogen-bond acceptors (Lipinski definition) is 2. The first-order valence-electron chi connectivity index (χ1n) is 7.52. The van der Waals surface area contributed by atoms with Gasteiger partial charge in [-0.1, -0.05) is 34.1 Å². The molecule has 0 radical (unpaired) electrons. The topological polar surface area (TPSA) is 49.4 Å². The monoisotopic (exact) mass is 268 g/mol. The fraction of sp³-hybridized carbons (Fsp3) is 0.867. The van der Waals surface area contributed by atoms with Gasteiger partial charge in [0.25, 0.3) is 0 Å². The molecule has 1 rings (SSSR count). The summed E-state index contributed by atoms with van der Waals surface area (Å²) in [6.45, 7) is 10.9. The SMILES string of the molecule is CCC(C)CN1C(=O)C(CC)(CC)NC(=O)CC1C. The molecule has 2 amide bonds. The Bertz CT molecular complexity index is 337. The standard InChI is InChI=1S/C15H28N2O2/c1-6-11(4)10-17-12(5)9-13(18)16-15(7-2,8-3)14(17)19/h11-12H,6-10H2,1-5H3,(H,16,18). The van der Waals surface area contributed by atoms with E-state index in [9.17, 15) is 9.59 Å². The average molecular weight is 268 g/mol. The van der Waals surface area contributed by atoms with Crippen molar-refractivity contribution in [3.05, 3.63) is 0 Å². The summed E-state index contributed by atoms with van der Waals surface area (Å²) in [6, 6.07) is -0.0125. The van der Waals surface area contributed by atoms with Crippen LogP contribution in [0.3, 0.4) is 0 Å². The molecule has 0 aromatic carbocycles. The van der Waals surface area contributed by atoms with E-state index >= 15 is 0 Å². The second-order valence-electron chi connectivity index (χ2n) is 5.86. The molecule has 1 aliphatic heterocycles. The third kappa shape index (κ3) is 3.28. The lowest BCUT2D eigenvalue weighted by atomic mass is 9.90. The lowest BCUT2D eigenvalue weighted by Crippen LogP contribution is -2.57. The minimum Gasteiger partial charge on any atom is -0.342 e. The first kappa shape index (κ1) is 16.0. The Morgan fingerprint density at radius 3 is 2.37 bits per heavy atom. The summed E-state index contributed by atoms with van der Waals surface area (Å²) in [4.78, 5) is 26.7. The van der Waals surface area contributed by atoms with Crippen LogP contribution in [-0.4, -0.2) is 34.8 Å². The van der Waals surface area contributed by atoms with E-state index in [-0.39, 0.29) is 17.9 Å². The zero-order chi connectivity index (χ0) is 14.6. The summed E-state index contributed by atoms with van der Waals surface area (Å²) < 4.78 is 0. The first-order chi connectivity index (χ1) is 8.90. The van der Waals surface area contributed by atoms with Crippen LogP contribution < -0.4 is 5.32 Å². The zero-order valence-corrected chi connectivity index (χ0v) is 13.0. The summed E-state index contributed by atoms with van der Waals surface area (Å²) in [5.74, 6) is 0.554. The molecule has 1 heterocycles. The first-order valence-corrected chi connectivity index (χ1v) is 7.52. The summed E-state index contributed by atoms with van der Waals surface area (Å²) in [6.07, 6.45) is 2.75. The van der Waals surface area contributed by atoms with Gasteiger partial charge in [0.2, 0.25) is 11.8 Å². The molecule has 1 aliphatic rings. The minimum atomic E-state index is -0.699. The molecule has 19 heavy (non-hydrogen) atoms. The quantitative estimate of drug-likeness (QED) is 0.832. The van der Waals surface area contributed by atoms with Crippen LogP contribution in [0.4, 0.5) is 0 Å². The molecule has 2 unspecified atom stereocenters. The van der Waals surface area contributed by atoms with E-state index in [1.54, 1.807) is 0 Å². The van der Waals surface area contributed by atoms with E-state index in [1.165, 1.54) is 0 Å². The van der Waals surface area contributed by atoms with Gasteiger partial charge < -0.3 is 10.2 Å². The van der Waals surface area contributed by atoms with Gasteiger partial charge in [-0.25, -0.2) is 0 Å². The van der Waals surface area contributed by atoms with E-state index in [0.29, 0.717) is 25.2 Å². The average Bonchev–Trinajstić information content (AvgIpc) is 2.48. The Morgan fingerprint density at radius 2 is 1.89 bits per heavy atom. The molecule has 2 atom stereocenters. The fourth-order valence-corrected chi connectivity index (χ4v) is 2.68. The van der Waals surface area contributed by atoms with Crippen molar-refractivity contribution in [1.82, 2.24) is 10.2 Å². The third-order valence-corrected chi connectivity index (χ3v) is 4.47. The molecular weight excluding hydrogens is 240 g/mol. The molecule has 1 N–H and O–H groups in total. The van der Waals surface area contributed by atoms with Gasteiger partial charge in [0.05, 0.1) is 0 Å². The van der Waals surface area contributed by atoms with E-state index < -0.39 is 5.54 Å². The molecule has 1 saturated heterocycles. The predicted octanol–water partition coefficient (Wildman–Crippen LogP) is 2.33. The van der Waals surface area contributed by atoms with Gasteiger partial charge >= 0.3 is 0 Å². The summed E-state index contributed by atoms with van der Waals surface area (Å²) in [7, 11) is 0. The molecule has 4 heteroatoms. The van der Waals surface area contributed by atoms with Gasteiger partial charge in [-0.15, -0.1) is 0 Å². The van der Waals surface area contributed by atoms with Gasteiger partial charge in [-0.3, -0.25) is 9.59 Å². The Balaban J connectivity index is 3.05. The van der Waals surface area contributed by atoms with Gasteiger partial charge in [0, 0.05) is 19.0 Å². The Morgan fingerprint density at radius 1 is 1.32 bits per heavy atom. The maximum atomic E-state index is 12.8. The van der Waals surface area contributed by atoms with Crippen molar-refractivity contribution in [3.63, 3.8) is 0 Å². The van der Waals surface area contributed by atoms with Crippen molar-refractivity contribution in [2.24, 2.45) is 5.92 Å². The van der Waals surface area contributed by atoms with Crippen LogP contribution in [-0.2, 0) is 9.59 Å². The molecule has 110 valence electrons. The van der Waals surface area contributed by atoms with Crippen LogP contribution in [0.1, 0.15) is 60.3 Å². The highest BCUT2D eigenvalue weighted by atomic mass is 16.2. The number of hydrogen-bond donors (Lipinski definition) is 1. The third-order valence-electron chi connectivity index (χ3n) is 4.47. The highest BCUT2D eigenvalue weighted by molar-refractivity contribution is 5.94.